The van der Waals surface area contributed by atoms with Gasteiger partial charge in [0.1, 0.15) is 0 Å². The Morgan fingerprint density at radius 3 is 1.52 bits per heavy atom. The Morgan fingerprint density at radius 2 is 1.02 bits per heavy atom. The highest BCUT2D eigenvalue weighted by atomic mass is 14.7. The standard InChI is InChI=1S/2C11H11N.3C7H9N/c1-8-5-6-9(2)11-10(8)4-3-7-12-11;1-8-7-12-9(2)11-6-4-3-5-10(8)11;1-6-3-7(2)5-8-4-6;1-6-3-4-7(2)8-5-6;1-6-4-3-5-7(2)8-6/h2*3-7H,1-2H3;3*3-5H,1-2H3. The van der Waals surface area contributed by atoms with E-state index in [1.165, 1.54) is 49.5 Å². The Balaban J connectivity index is 0.000000165. The molecule has 5 aromatic heterocycles. The molecule has 5 heterocycles. The van der Waals surface area contributed by atoms with E-state index in [0.717, 1.165) is 28.3 Å². The lowest BCUT2D eigenvalue weighted by atomic mass is 10.1. The molecule has 5 heteroatoms. The minimum atomic E-state index is 1.08. The van der Waals surface area contributed by atoms with Crippen molar-refractivity contribution in [2.75, 3.05) is 0 Å². The molecule has 0 fully saturated rings. The molecule has 246 valence electrons. The van der Waals surface area contributed by atoms with Gasteiger partial charge in [0.2, 0.25) is 0 Å². The predicted molar refractivity (Wildman–Crippen MR) is 204 cm³/mol. The molecule has 0 aliphatic rings. The summed E-state index contributed by atoms with van der Waals surface area (Å²) in [4.78, 5) is 20.9. The van der Waals surface area contributed by atoms with E-state index in [9.17, 15) is 0 Å². The van der Waals surface area contributed by atoms with Crippen LogP contribution in [-0.4, -0.2) is 24.9 Å². The average Bonchev–Trinajstić information content (AvgIpc) is 3.07. The Hall–Kier alpha value is -5.29. The summed E-state index contributed by atoms with van der Waals surface area (Å²) in [5.74, 6) is 0. The molecule has 7 aromatic rings. The number of aryl methyl sites for hydroxylation is 10. The van der Waals surface area contributed by atoms with Crippen molar-refractivity contribution < 1.29 is 0 Å². The van der Waals surface area contributed by atoms with Crippen molar-refractivity contribution in [3.63, 3.8) is 0 Å². The van der Waals surface area contributed by atoms with Crippen molar-refractivity contribution in [1.82, 2.24) is 24.9 Å². The molecule has 0 atom stereocenters. The molecular weight excluding hydrogens is 587 g/mol. The SMILES string of the molecule is Cc1ccc(C)c2ncccc12.Cc1ccc(C)nc1.Cc1cccc(C)n1.Cc1cnc(C)c2ccccc12.Cc1cncc(C)c1. The monoisotopic (exact) mass is 635 g/mol. The van der Waals surface area contributed by atoms with Crippen molar-refractivity contribution in [3.05, 3.63) is 172 Å². The Bertz CT molecular complexity index is 1770. The largest absolute Gasteiger partial charge is 0.264 e. The molecule has 0 bridgehead atoms. The summed E-state index contributed by atoms with van der Waals surface area (Å²) in [5.41, 5.74) is 12.9. The summed E-state index contributed by atoms with van der Waals surface area (Å²) in [6.45, 7) is 20.4. The predicted octanol–water partition coefficient (Wildman–Crippen LogP) is 10.8. The molecule has 48 heavy (non-hydrogen) atoms. The molecule has 2 aromatic carbocycles. The average molecular weight is 636 g/mol. The Morgan fingerprint density at radius 1 is 0.396 bits per heavy atom. The fourth-order valence-corrected chi connectivity index (χ4v) is 4.86. The molecule has 0 unspecified atom stereocenters. The van der Waals surface area contributed by atoms with E-state index in [-0.39, 0.29) is 0 Å². The maximum atomic E-state index is 4.34. The van der Waals surface area contributed by atoms with Gasteiger partial charge in [0.25, 0.3) is 0 Å². The van der Waals surface area contributed by atoms with Crippen molar-refractivity contribution in [2.24, 2.45) is 0 Å². The molecule has 0 amide bonds. The number of nitrogens with zero attached hydrogens (tertiary/aromatic N) is 5. The zero-order valence-corrected chi connectivity index (χ0v) is 30.2. The van der Waals surface area contributed by atoms with Crippen molar-refractivity contribution >= 4 is 21.7 Å². The molecule has 0 aliphatic heterocycles. The first-order valence-electron chi connectivity index (χ1n) is 16.2. The third kappa shape index (κ3) is 12.1. The van der Waals surface area contributed by atoms with Crippen LogP contribution in [0.3, 0.4) is 0 Å². The van der Waals surface area contributed by atoms with Crippen LogP contribution in [0.5, 0.6) is 0 Å². The number of fused-ring (bicyclic) bond motifs is 2. The molecule has 0 aliphatic carbocycles. The third-order valence-corrected chi connectivity index (χ3v) is 7.48. The second kappa shape index (κ2) is 18.8. The second-order valence-corrected chi connectivity index (χ2v) is 12.1. The van der Waals surface area contributed by atoms with Gasteiger partial charge < -0.3 is 0 Å². The molecule has 0 N–H and O–H groups in total. The van der Waals surface area contributed by atoms with Crippen LogP contribution in [0.1, 0.15) is 56.2 Å². The van der Waals surface area contributed by atoms with Crippen LogP contribution in [0.15, 0.2) is 116 Å². The number of rotatable bonds is 0. The Labute approximate surface area is 287 Å². The normalized spacial score (nSPS) is 9.88. The first kappa shape index (κ1) is 37.2. The van der Waals surface area contributed by atoms with Crippen molar-refractivity contribution in [2.45, 2.75) is 69.2 Å². The zero-order valence-electron chi connectivity index (χ0n) is 30.2. The van der Waals surface area contributed by atoms with Gasteiger partial charge in [0.15, 0.2) is 0 Å². The fourth-order valence-electron chi connectivity index (χ4n) is 4.86. The van der Waals surface area contributed by atoms with Crippen LogP contribution >= 0.6 is 0 Å². The maximum Gasteiger partial charge on any atom is 0.0733 e. The smallest absolute Gasteiger partial charge is 0.0733 e. The maximum absolute atomic E-state index is 4.34. The number of pyridine rings is 5. The van der Waals surface area contributed by atoms with Gasteiger partial charge in [-0.3, -0.25) is 24.9 Å². The van der Waals surface area contributed by atoms with Crippen LogP contribution in [0.25, 0.3) is 21.7 Å². The highest BCUT2D eigenvalue weighted by Gasteiger charge is 2.00. The van der Waals surface area contributed by atoms with E-state index in [1.807, 2.05) is 110 Å². The molecule has 0 radical (unpaired) electrons. The molecule has 5 nitrogen and oxygen atoms in total. The summed E-state index contributed by atoms with van der Waals surface area (Å²) in [5, 5.41) is 3.83. The van der Waals surface area contributed by atoms with Crippen LogP contribution in [0, 0.1) is 69.2 Å². The van der Waals surface area contributed by atoms with E-state index < -0.39 is 0 Å². The molecular formula is C43H49N5. The minimum Gasteiger partial charge on any atom is -0.264 e. The molecule has 0 saturated heterocycles. The second-order valence-electron chi connectivity index (χ2n) is 12.1. The number of benzene rings is 2. The number of hydrogen-bond donors (Lipinski definition) is 0. The van der Waals surface area contributed by atoms with E-state index in [0.29, 0.717) is 0 Å². The van der Waals surface area contributed by atoms with Gasteiger partial charge in [-0.15, -0.1) is 0 Å². The van der Waals surface area contributed by atoms with Gasteiger partial charge >= 0.3 is 0 Å². The van der Waals surface area contributed by atoms with Gasteiger partial charge in [0.05, 0.1) is 5.52 Å². The lowest BCUT2D eigenvalue weighted by Gasteiger charge is -2.02. The van der Waals surface area contributed by atoms with Crippen LogP contribution in [0.2, 0.25) is 0 Å². The third-order valence-electron chi connectivity index (χ3n) is 7.48. The van der Waals surface area contributed by atoms with E-state index in [1.54, 1.807) is 0 Å². The van der Waals surface area contributed by atoms with E-state index in [4.69, 9.17) is 0 Å². The quantitative estimate of drug-likeness (QED) is 0.166. The molecule has 0 saturated carbocycles. The van der Waals surface area contributed by atoms with Crippen molar-refractivity contribution in [3.8, 4) is 0 Å². The highest BCUT2D eigenvalue weighted by Crippen LogP contribution is 2.20. The van der Waals surface area contributed by atoms with Crippen LogP contribution < -0.4 is 0 Å². The molecule has 0 spiro atoms. The summed E-state index contributed by atoms with van der Waals surface area (Å²) >= 11 is 0. The van der Waals surface area contributed by atoms with Crippen molar-refractivity contribution in [1.29, 1.82) is 0 Å². The fraction of sp³-hybridized carbons (Fsp3) is 0.233. The van der Waals surface area contributed by atoms with Gasteiger partial charge in [-0.05, 0) is 132 Å². The van der Waals surface area contributed by atoms with Gasteiger partial charge in [0, 0.05) is 64.5 Å². The van der Waals surface area contributed by atoms with E-state index in [2.05, 4.69) is 100 Å². The summed E-state index contributed by atoms with van der Waals surface area (Å²) < 4.78 is 0. The lowest BCUT2D eigenvalue weighted by Crippen LogP contribution is -1.86. The number of aromatic nitrogens is 5. The van der Waals surface area contributed by atoms with Crippen LogP contribution in [-0.2, 0) is 0 Å². The Kier molecular flexibility index (Phi) is 14.5. The van der Waals surface area contributed by atoms with E-state index >= 15 is 0 Å². The van der Waals surface area contributed by atoms with Crippen LogP contribution in [0.4, 0.5) is 0 Å². The first-order chi connectivity index (χ1) is 22.9. The summed E-state index contributed by atoms with van der Waals surface area (Å²) in [7, 11) is 0. The molecule has 7 rings (SSSR count). The topological polar surface area (TPSA) is 64.5 Å². The van der Waals surface area contributed by atoms with Gasteiger partial charge in [-0.1, -0.05) is 60.7 Å². The van der Waals surface area contributed by atoms with Gasteiger partial charge in [-0.2, -0.15) is 0 Å². The first-order valence-corrected chi connectivity index (χ1v) is 16.2. The zero-order chi connectivity index (χ0) is 35.1. The minimum absolute atomic E-state index is 1.08. The highest BCUT2D eigenvalue weighted by molar-refractivity contribution is 5.87. The number of hydrogen-bond acceptors (Lipinski definition) is 5. The summed E-state index contributed by atoms with van der Waals surface area (Å²) in [6.07, 6.45) is 9.35. The summed E-state index contributed by atoms with van der Waals surface area (Å²) in [6, 6.07) is 28.9. The lowest BCUT2D eigenvalue weighted by molar-refractivity contribution is 1.12. The van der Waals surface area contributed by atoms with Gasteiger partial charge in [-0.25, -0.2) is 0 Å².